The van der Waals surface area contributed by atoms with E-state index in [1.165, 1.54) is 116 Å². The van der Waals surface area contributed by atoms with E-state index in [0.29, 0.717) is 19.4 Å². The zero-order valence-corrected chi connectivity index (χ0v) is 39.7. The maximum atomic E-state index is 12.8. The van der Waals surface area contributed by atoms with Crippen LogP contribution >= 0.6 is 0 Å². The number of allylic oxidation sites excluding steroid dienone is 12. The van der Waals surface area contributed by atoms with Crippen LogP contribution in [0.5, 0.6) is 0 Å². The fraction of sp³-hybridized carbons (Fsp3) is 0.745. The number of carbonyl (C=O) groups excluding carboxylic acids is 2. The van der Waals surface area contributed by atoms with Crippen LogP contribution in [0.4, 0.5) is 0 Å². The maximum absolute atomic E-state index is 12.8. The summed E-state index contributed by atoms with van der Waals surface area (Å²) in [6.07, 6.45) is 64.7. The molecule has 1 atom stereocenters. The Morgan fingerprint density at radius 1 is 0.383 bits per heavy atom. The molecule has 0 aromatic carbocycles. The highest BCUT2D eigenvalue weighted by Gasteiger charge is 2.17. The van der Waals surface area contributed by atoms with Crippen LogP contribution in [-0.4, -0.2) is 37.9 Å². The molecule has 346 valence electrons. The van der Waals surface area contributed by atoms with E-state index in [2.05, 4.69) is 93.7 Å². The van der Waals surface area contributed by atoms with Gasteiger partial charge in [-0.1, -0.05) is 209 Å². The van der Waals surface area contributed by atoms with Gasteiger partial charge in [-0.05, 0) is 89.9 Å². The van der Waals surface area contributed by atoms with Gasteiger partial charge in [-0.15, -0.1) is 0 Å². The fourth-order valence-corrected chi connectivity index (χ4v) is 6.94. The predicted octanol–water partition coefficient (Wildman–Crippen LogP) is 17.1. The largest absolute Gasteiger partial charge is 0.462 e. The van der Waals surface area contributed by atoms with Crippen LogP contribution in [-0.2, 0) is 23.8 Å². The van der Waals surface area contributed by atoms with Gasteiger partial charge in [0.1, 0.15) is 6.61 Å². The summed E-state index contributed by atoms with van der Waals surface area (Å²) in [6.45, 7) is 7.64. The summed E-state index contributed by atoms with van der Waals surface area (Å²) < 4.78 is 17.4. The van der Waals surface area contributed by atoms with Crippen LogP contribution in [0.2, 0.25) is 0 Å². The molecule has 0 spiro atoms. The monoisotopic (exact) mass is 837 g/mol. The number of ether oxygens (including phenoxy) is 3. The summed E-state index contributed by atoms with van der Waals surface area (Å²) in [5.41, 5.74) is 0. The number of carbonyl (C=O) groups is 2. The molecule has 0 bridgehead atoms. The second-order valence-electron chi connectivity index (χ2n) is 16.7. The van der Waals surface area contributed by atoms with Gasteiger partial charge in [0.25, 0.3) is 0 Å². The van der Waals surface area contributed by atoms with Gasteiger partial charge in [0.2, 0.25) is 0 Å². The first-order valence-corrected chi connectivity index (χ1v) is 25.5. The smallest absolute Gasteiger partial charge is 0.306 e. The first-order valence-electron chi connectivity index (χ1n) is 25.5. The molecule has 5 heteroatoms. The zero-order chi connectivity index (χ0) is 43.5. The molecular weight excluding hydrogens is 741 g/mol. The Labute approximate surface area is 372 Å². The average molecular weight is 837 g/mol. The molecule has 5 nitrogen and oxygen atoms in total. The maximum Gasteiger partial charge on any atom is 0.306 e. The van der Waals surface area contributed by atoms with E-state index >= 15 is 0 Å². The molecule has 0 aliphatic carbocycles. The van der Waals surface area contributed by atoms with Gasteiger partial charge in [0, 0.05) is 19.4 Å². The van der Waals surface area contributed by atoms with Crippen molar-refractivity contribution in [3.8, 4) is 0 Å². The Morgan fingerprint density at radius 2 is 0.750 bits per heavy atom. The number of hydrogen-bond donors (Lipinski definition) is 0. The Bertz CT molecular complexity index is 1080. The van der Waals surface area contributed by atoms with Gasteiger partial charge in [0.05, 0.1) is 6.61 Å². The summed E-state index contributed by atoms with van der Waals surface area (Å²) >= 11 is 0. The van der Waals surface area contributed by atoms with Crippen LogP contribution < -0.4 is 0 Å². The Morgan fingerprint density at radius 3 is 1.23 bits per heavy atom. The van der Waals surface area contributed by atoms with Crippen molar-refractivity contribution in [2.75, 3.05) is 19.8 Å². The molecule has 0 aromatic heterocycles. The molecule has 60 heavy (non-hydrogen) atoms. The molecule has 0 saturated heterocycles. The summed E-state index contributed by atoms with van der Waals surface area (Å²) in [5, 5.41) is 0. The highest BCUT2D eigenvalue weighted by Crippen LogP contribution is 2.14. The average Bonchev–Trinajstić information content (AvgIpc) is 3.25. The lowest BCUT2D eigenvalue weighted by Crippen LogP contribution is -2.30. The summed E-state index contributed by atoms with van der Waals surface area (Å²) in [7, 11) is 0. The second-order valence-corrected chi connectivity index (χ2v) is 16.7. The first kappa shape index (κ1) is 57.3. The SMILES string of the molecule is CC/C=C\C/C=C\C/C=C\C/C=C\CCCCCCCOCC(COC(=O)CCCCCCC/C=C\C/C=C\CCCCC)OC(=O)CCCCCCCCCCCCC. The third-order valence-corrected chi connectivity index (χ3v) is 10.7. The normalized spacial score (nSPS) is 12.8. The minimum absolute atomic E-state index is 0.0698. The molecule has 0 aromatic rings. The molecule has 0 aliphatic heterocycles. The molecule has 1 unspecified atom stereocenters. The molecule has 0 aliphatic rings. The molecule has 0 heterocycles. The van der Waals surface area contributed by atoms with Crippen molar-refractivity contribution in [2.24, 2.45) is 0 Å². The lowest BCUT2D eigenvalue weighted by molar-refractivity contribution is -0.163. The van der Waals surface area contributed by atoms with Crippen LogP contribution in [0, 0.1) is 0 Å². The number of esters is 2. The highest BCUT2D eigenvalue weighted by atomic mass is 16.6. The van der Waals surface area contributed by atoms with E-state index in [9.17, 15) is 9.59 Å². The topological polar surface area (TPSA) is 61.8 Å². The van der Waals surface area contributed by atoms with Crippen molar-refractivity contribution in [1.82, 2.24) is 0 Å². The number of rotatable bonds is 46. The molecule has 0 radical (unpaired) electrons. The van der Waals surface area contributed by atoms with Gasteiger partial charge < -0.3 is 14.2 Å². The van der Waals surface area contributed by atoms with Gasteiger partial charge in [0.15, 0.2) is 6.10 Å². The Kier molecular flexibility index (Phi) is 48.4. The standard InChI is InChI=1S/C55H96O5/c1-4-7-10-13-16-19-22-24-26-27-28-30-32-35-38-41-44-47-50-58-51-53(60-55(57)49-46-43-40-37-33-21-18-15-12-9-6-3)52-59-54(56)48-45-42-39-36-34-31-29-25-23-20-17-14-11-8-5-2/h7,10,16-17,19-20,24-26,28-30,53H,4-6,8-9,11-15,18,21-23,27,31-52H2,1-3H3/b10-7-,19-16-,20-17-,26-24-,29-25-,30-28-. The quantitative estimate of drug-likeness (QED) is 0.0347. The minimum Gasteiger partial charge on any atom is -0.462 e. The van der Waals surface area contributed by atoms with Crippen molar-refractivity contribution in [1.29, 1.82) is 0 Å². The molecule has 0 rings (SSSR count). The van der Waals surface area contributed by atoms with Gasteiger partial charge in [-0.2, -0.15) is 0 Å². The zero-order valence-electron chi connectivity index (χ0n) is 39.7. The summed E-state index contributed by atoms with van der Waals surface area (Å²) in [5.74, 6) is -0.421. The third kappa shape index (κ3) is 48.0. The molecule has 0 N–H and O–H groups in total. The number of unbranched alkanes of at least 4 members (excludes halogenated alkanes) is 23. The highest BCUT2D eigenvalue weighted by molar-refractivity contribution is 5.70. The Balaban J connectivity index is 4.30. The van der Waals surface area contributed by atoms with Crippen LogP contribution in [0.1, 0.15) is 239 Å². The van der Waals surface area contributed by atoms with Crippen molar-refractivity contribution >= 4 is 11.9 Å². The second kappa shape index (κ2) is 50.7. The van der Waals surface area contributed by atoms with Gasteiger partial charge >= 0.3 is 11.9 Å². The van der Waals surface area contributed by atoms with E-state index in [0.717, 1.165) is 89.9 Å². The molecule has 0 saturated carbocycles. The van der Waals surface area contributed by atoms with Crippen LogP contribution in [0.25, 0.3) is 0 Å². The van der Waals surface area contributed by atoms with E-state index in [1.54, 1.807) is 0 Å². The fourth-order valence-electron chi connectivity index (χ4n) is 6.94. The molecule has 0 amide bonds. The minimum atomic E-state index is -0.551. The third-order valence-electron chi connectivity index (χ3n) is 10.7. The lowest BCUT2D eigenvalue weighted by Gasteiger charge is -2.18. The van der Waals surface area contributed by atoms with Crippen molar-refractivity contribution in [2.45, 2.75) is 245 Å². The molecule has 0 fully saturated rings. The first-order chi connectivity index (χ1) is 29.6. The van der Waals surface area contributed by atoms with Gasteiger partial charge in [-0.25, -0.2) is 0 Å². The summed E-state index contributed by atoms with van der Waals surface area (Å²) in [4.78, 5) is 25.3. The van der Waals surface area contributed by atoms with Crippen LogP contribution in [0.15, 0.2) is 72.9 Å². The predicted molar refractivity (Wildman–Crippen MR) is 260 cm³/mol. The summed E-state index contributed by atoms with van der Waals surface area (Å²) in [6, 6.07) is 0. The van der Waals surface area contributed by atoms with Crippen LogP contribution in [0.3, 0.4) is 0 Å². The Hall–Kier alpha value is -2.66. The van der Waals surface area contributed by atoms with Crippen molar-refractivity contribution < 1.29 is 23.8 Å². The lowest BCUT2D eigenvalue weighted by atomic mass is 10.1. The van der Waals surface area contributed by atoms with E-state index in [-0.39, 0.29) is 25.2 Å². The van der Waals surface area contributed by atoms with Crippen molar-refractivity contribution in [3.05, 3.63) is 72.9 Å². The van der Waals surface area contributed by atoms with Crippen molar-refractivity contribution in [3.63, 3.8) is 0 Å². The van der Waals surface area contributed by atoms with Gasteiger partial charge in [-0.3, -0.25) is 9.59 Å². The van der Waals surface area contributed by atoms with E-state index in [4.69, 9.17) is 14.2 Å². The van der Waals surface area contributed by atoms with E-state index < -0.39 is 6.10 Å². The van der Waals surface area contributed by atoms with E-state index in [1.807, 2.05) is 0 Å². The molecular formula is C55H96O5. The number of hydrogen-bond acceptors (Lipinski definition) is 5.